The van der Waals surface area contributed by atoms with Gasteiger partial charge in [0.1, 0.15) is 0 Å². The fraction of sp³-hybridized carbons (Fsp3) is 0.143. The van der Waals surface area contributed by atoms with E-state index < -0.39 is 48.2 Å². The Balaban J connectivity index is 4.02. The number of benzene rings is 1. The lowest BCUT2D eigenvalue weighted by Gasteiger charge is -2.03. The van der Waals surface area contributed by atoms with Gasteiger partial charge in [0.2, 0.25) is 5.75 Å². The third kappa shape index (κ3) is 2.26. The largest absolute Gasteiger partial charge is 0.490 e. The van der Waals surface area contributed by atoms with E-state index in [0.717, 1.165) is 7.11 Å². The molecule has 0 aliphatic carbocycles. The molecule has 0 atom stereocenters. The number of ether oxygens (including phenoxy) is 1. The Morgan fingerprint density at radius 3 is 1.55 bits per heavy atom. The van der Waals surface area contributed by atoms with E-state index in [4.69, 9.17) is 0 Å². The predicted molar refractivity (Wildman–Crippen MR) is 59.6 cm³/mol. The first kappa shape index (κ1) is 14.7. The standard InChI is InChI=1S/C7H4N4O9/c1-20-4-2-3(8(12)13)5(9(14)15)7(11(18)19)6(4)10(16)17/h2H,1H3. The lowest BCUT2D eigenvalue weighted by atomic mass is 10.2. The van der Waals surface area contributed by atoms with E-state index in [-0.39, 0.29) is 0 Å². The van der Waals surface area contributed by atoms with Gasteiger partial charge in [-0.1, -0.05) is 0 Å². The molecule has 13 heteroatoms. The number of rotatable bonds is 5. The van der Waals surface area contributed by atoms with Crippen LogP contribution in [0.3, 0.4) is 0 Å². The summed E-state index contributed by atoms with van der Waals surface area (Å²) in [6.45, 7) is 0. The average Bonchev–Trinajstić information content (AvgIpc) is 2.35. The highest BCUT2D eigenvalue weighted by Gasteiger charge is 2.47. The van der Waals surface area contributed by atoms with Crippen LogP contribution in [0, 0.1) is 40.5 Å². The van der Waals surface area contributed by atoms with Crippen LogP contribution < -0.4 is 4.74 Å². The van der Waals surface area contributed by atoms with Crippen molar-refractivity contribution in [3.05, 3.63) is 46.5 Å². The lowest BCUT2D eigenvalue weighted by Crippen LogP contribution is -2.06. The Morgan fingerprint density at radius 1 is 0.800 bits per heavy atom. The molecular weight excluding hydrogens is 284 g/mol. The maximum Gasteiger partial charge on any atom is 0.433 e. The topological polar surface area (TPSA) is 182 Å². The third-order valence-electron chi connectivity index (χ3n) is 2.16. The SMILES string of the molecule is COc1cc([N+](=O)[O-])c([N+](=O)[O-])c([N+](=O)[O-])c1[N+](=O)[O-]. The Kier molecular flexibility index (Phi) is 3.73. The smallest absolute Gasteiger partial charge is 0.433 e. The maximum absolute atomic E-state index is 10.8. The molecule has 0 aromatic heterocycles. The van der Waals surface area contributed by atoms with Crippen LogP contribution in [-0.4, -0.2) is 26.8 Å². The molecule has 1 rings (SSSR count). The zero-order valence-corrected chi connectivity index (χ0v) is 9.54. The minimum Gasteiger partial charge on any atom is -0.490 e. The molecule has 0 bridgehead atoms. The molecule has 0 saturated heterocycles. The van der Waals surface area contributed by atoms with Gasteiger partial charge in [0.25, 0.3) is 0 Å². The molecule has 1 aromatic rings. The van der Waals surface area contributed by atoms with Crippen molar-refractivity contribution < 1.29 is 24.4 Å². The van der Waals surface area contributed by atoms with Crippen molar-refractivity contribution in [3.63, 3.8) is 0 Å². The van der Waals surface area contributed by atoms with Gasteiger partial charge in [0, 0.05) is 0 Å². The highest BCUT2D eigenvalue weighted by Crippen LogP contribution is 2.48. The second-order valence-electron chi connectivity index (χ2n) is 3.17. The van der Waals surface area contributed by atoms with Gasteiger partial charge in [-0.15, -0.1) is 0 Å². The molecular formula is C7H4N4O9. The van der Waals surface area contributed by atoms with Crippen molar-refractivity contribution in [3.8, 4) is 5.75 Å². The average molecular weight is 288 g/mol. The van der Waals surface area contributed by atoms with Crippen LogP contribution in [0.5, 0.6) is 5.75 Å². The number of nitro benzene ring substituents is 4. The summed E-state index contributed by atoms with van der Waals surface area (Å²) in [7, 11) is 0.877. The highest BCUT2D eigenvalue weighted by atomic mass is 16.7. The minimum atomic E-state index is -1.61. The van der Waals surface area contributed by atoms with Gasteiger partial charge in [-0.05, 0) is 0 Å². The van der Waals surface area contributed by atoms with Crippen molar-refractivity contribution in [2.45, 2.75) is 0 Å². The third-order valence-corrected chi connectivity index (χ3v) is 2.16. The molecule has 1 aromatic carbocycles. The van der Waals surface area contributed by atoms with Crippen LogP contribution in [0.4, 0.5) is 22.7 Å². The zero-order chi connectivity index (χ0) is 15.6. The van der Waals surface area contributed by atoms with Crippen LogP contribution >= 0.6 is 0 Å². The zero-order valence-electron chi connectivity index (χ0n) is 9.54. The molecule has 0 radical (unpaired) electrons. The van der Waals surface area contributed by atoms with E-state index in [1.54, 1.807) is 0 Å². The number of nitro groups is 4. The molecule has 0 unspecified atom stereocenters. The second kappa shape index (κ2) is 5.09. The monoisotopic (exact) mass is 288 g/mol. The van der Waals surface area contributed by atoms with Gasteiger partial charge >= 0.3 is 22.7 Å². The quantitative estimate of drug-likeness (QED) is 0.569. The van der Waals surface area contributed by atoms with Gasteiger partial charge in [-0.3, -0.25) is 40.5 Å². The van der Waals surface area contributed by atoms with Gasteiger partial charge in [-0.25, -0.2) is 0 Å². The molecule has 0 saturated carbocycles. The number of hydrogen-bond acceptors (Lipinski definition) is 9. The summed E-state index contributed by atoms with van der Waals surface area (Å²) >= 11 is 0. The number of hydrogen-bond donors (Lipinski definition) is 0. The second-order valence-corrected chi connectivity index (χ2v) is 3.17. The van der Waals surface area contributed by atoms with Crippen LogP contribution in [0.1, 0.15) is 0 Å². The summed E-state index contributed by atoms with van der Waals surface area (Å²) in [5.41, 5.74) is -5.78. The van der Waals surface area contributed by atoms with E-state index in [9.17, 15) is 40.5 Å². The normalized spacial score (nSPS) is 9.85. The Hall–Kier alpha value is -3.38. The van der Waals surface area contributed by atoms with E-state index in [2.05, 4.69) is 4.74 Å². The van der Waals surface area contributed by atoms with Crippen LogP contribution in [0.2, 0.25) is 0 Å². The first-order chi connectivity index (χ1) is 9.22. The van der Waals surface area contributed by atoms with Crippen molar-refractivity contribution in [1.29, 1.82) is 0 Å². The summed E-state index contributed by atoms with van der Waals surface area (Å²) in [4.78, 5) is 37.6. The molecule has 0 aliphatic rings. The van der Waals surface area contributed by atoms with E-state index in [1.165, 1.54) is 0 Å². The highest BCUT2D eigenvalue weighted by molar-refractivity contribution is 5.79. The fourth-order valence-electron chi connectivity index (χ4n) is 1.44. The predicted octanol–water partition coefficient (Wildman–Crippen LogP) is 1.33. The molecule has 0 fully saturated rings. The molecule has 0 spiro atoms. The number of methoxy groups -OCH3 is 1. The first-order valence-corrected chi connectivity index (χ1v) is 4.54. The molecule has 0 N–H and O–H groups in total. The van der Waals surface area contributed by atoms with Crippen LogP contribution in [-0.2, 0) is 0 Å². The van der Waals surface area contributed by atoms with E-state index >= 15 is 0 Å². The summed E-state index contributed by atoms with van der Waals surface area (Å²) in [6, 6.07) is 0.392. The van der Waals surface area contributed by atoms with E-state index in [1.807, 2.05) is 0 Å². The van der Waals surface area contributed by atoms with Crippen molar-refractivity contribution in [2.75, 3.05) is 7.11 Å². The Labute approximate surface area is 108 Å². The van der Waals surface area contributed by atoms with Gasteiger partial charge in [0.15, 0.2) is 0 Å². The van der Waals surface area contributed by atoms with Gasteiger partial charge < -0.3 is 4.74 Å². The fourth-order valence-corrected chi connectivity index (χ4v) is 1.44. The van der Waals surface area contributed by atoms with E-state index in [0.29, 0.717) is 6.07 Å². The molecule has 13 nitrogen and oxygen atoms in total. The Bertz CT molecular complexity index is 640. The Morgan fingerprint density at radius 2 is 1.25 bits per heavy atom. The van der Waals surface area contributed by atoms with Crippen molar-refractivity contribution >= 4 is 22.7 Å². The van der Waals surface area contributed by atoms with Gasteiger partial charge in [-0.2, -0.15) is 0 Å². The summed E-state index contributed by atoms with van der Waals surface area (Å²) in [5, 5.41) is 43.1. The summed E-state index contributed by atoms with van der Waals surface area (Å²) in [5.74, 6) is -0.820. The first-order valence-electron chi connectivity index (χ1n) is 4.54. The van der Waals surface area contributed by atoms with Crippen LogP contribution in [0.25, 0.3) is 0 Å². The van der Waals surface area contributed by atoms with Crippen molar-refractivity contribution in [2.24, 2.45) is 0 Å². The molecule has 106 valence electrons. The maximum atomic E-state index is 10.8. The van der Waals surface area contributed by atoms with Crippen LogP contribution in [0.15, 0.2) is 6.07 Å². The molecule has 0 aliphatic heterocycles. The summed E-state index contributed by atoms with van der Waals surface area (Å²) in [6.07, 6.45) is 0. The summed E-state index contributed by atoms with van der Waals surface area (Å²) < 4.78 is 4.45. The molecule has 0 heterocycles. The minimum absolute atomic E-state index is 0.392. The van der Waals surface area contributed by atoms with Gasteiger partial charge in [0.05, 0.1) is 32.9 Å². The van der Waals surface area contributed by atoms with Crippen molar-refractivity contribution in [1.82, 2.24) is 0 Å². The number of nitrogens with zero attached hydrogens (tertiary/aromatic N) is 4. The molecule has 20 heavy (non-hydrogen) atoms. The molecule has 0 amide bonds. The lowest BCUT2D eigenvalue weighted by molar-refractivity contribution is -0.452.